The molecule has 3 atom stereocenters. The van der Waals surface area contributed by atoms with Crippen molar-refractivity contribution in [3.63, 3.8) is 0 Å². The Morgan fingerprint density at radius 1 is 1.48 bits per heavy atom. The highest BCUT2D eigenvalue weighted by molar-refractivity contribution is 7.52. The van der Waals surface area contributed by atoms with E-state index in [2.05, 4.69) is 4.98 Å². The zero-order valence-corrected chi connectivity index (χ0v) is 12.1. The van der Waals surface area contributed by atoms with Gasteiger partial charge in [-0.05, 0) is 13.0 Å². The lowest BCUT2D eigenvalue weighted by molar-refractivity contribution is -0.0266. The summed E-state index contributed by atoms with van der Waals surface area (Å²) >= 11 is 0. The van der Waals surface area contributed by atoms with Crippen LogP contribution in [0.1, 0.15) is 11.6 Å². The maximum Gasteiger partial charge on any atom is 0.357 e. The highest BCUT2D eigenvalue weighted by Gasteiger charge is 2.37. The van der Waals surface area contributed by atoms with Crippen molar-refractivity contribution in [1.29, 1.82) is 0 Å². The number of aryl methyl sites for hydroxylation is 1. The molecule has 9 nitrogen and oxygen atoms in total. The van der Waals surface area contributed by atoms with Gasteiger partial charge in [0.05, 0.1) is 12.6 Å². The minimum Gasteiger partial charge on any atom is -0.394 e. The molecule has 5 N–H and O–H groups in total. The molecule has 0 aromatic carbocycles. The molecule has 0 aliphatic carbocycles. The van der Waals surface area contributed by atoms with E-state index in [1.807, 2.05) is 0 Å². The van der Waals surface area contributed by atoms with Gasteiger partial charge in [0.25, 0.3) is 0 Å². The number of aromatic nitrogens is 2. The fourth-order valence-corrected chi connectivity index (χ4v) is 2.68. The van der Waals surface area contributed by atoms with Crippen LogP contribution in [0.4, 0.5) is 5.82 Å². The Morgan fingerprint density at radius 3 is 2.71 bits per heavy atom. The Labute approximate surface area is 119 Å². The summed E-state index contributed by atoms with van der Waals surface area (Å²) in [5, 5.41) is 9.35. The molecule has 0 saturated heterocycles. The molecule has 0 bridgehead atoms. The molecular weight excluding hydrogens is 301 g/mol. The summed E-state index contributed by atoms with van der Waals surface area (Å²) in [6.07, 6.45) is 3.07. The molecule has 116 valence electrons. The molecule has 0 saturated carbocycles. The second-order valence-electron chi connectivity index (χ2n) is 4.71. The lowest BCUT2D eigenvalue weighted by atomic mass is 10.1. The van der Waals surface area contributed by atoms with Gasteiger partial charge < -0.3 is 25.4 Å². The summed E-state index contributed by atoms with van der Waals surface area (Å²) in [5.74, 6) is -1.34. The van der Waals surface area contributed by atoms with Gasteiger partial charge in [0.15, 0.2) is 5.85 Å². The van der Waals surface area contributed by atoms with Gasteiger partial charge in [0.1, 0.15) is 11.9 Å². The number of nitrogens with two attached hydrogens (primary N) is 1. The number of aliphatic hydroxyl groups is 1. The predicted molar refractivity (Wildman–Crippen MR) is 73.6 cm³/mol. The van der Waals surface area contributed by atoms with Gasteiger partial charge >= 0.3 is 13.3 Å². The Bertz CT molecular complexity index is 666. The van der Waals surface area contributed by atoms with E-state index in [0.717, 1.165) is 0 Å². The van der Waals surface area contributed by atoms with Gasteiger partial charge in [-0.15, -0.1) is 0 Å². The summed E-state index contributed by atoms with van der Waals surface area (Å²) in [6, 6.07) is -0.725. The minimum absolute atomic E-state index is 0.102. The van der Waals surface area contributed by atoms with Crippen molar-refractivity contribution in [3.8, 4) is 0 Å². The van der Waals surface area contributed by atoms with Crippen molar-refractivity contribution in [2.45, 2.75) is 24.9 Å². The molecule has 2 heterocycles. The highest BCUT2D eigenvalue weighted by Crippen LogP contribution is 2.45. The fraction of sp³-hybridized carbons (Fsp3) is 0.455. The third-order valence-electron chi connectivity index (χ3n) is 3.17. The zero-order valence-electron chi connectivity index (χ0n) is 11.2. The topological polar surface area (TPSA) is 148 Å². The van der Waals surface area contributed by atoms with E-state index in [-0.39, 0.29) is 5.82 Å². The van der Waals surface area contributed by atoms with Gasteiger partial charge in [-0.25, -0.2) is 4.79 Å². The van der Waals surface area contributed by atoms with E-state index in [4.69, 9.17) is 20.3 Å². The molecular formula is C11H16N3O6P. The summed E-state index contributed by atoms with van der Waals surface area (Å²) in [7, 11) is -4.48. The SMILES string of the molecule is Cc1cn(C2C=CC(P(=O)(O)O)OC2CO)c(=O)nc1N. The van der Waals surface area contributed by atoms with Crippen molar-refractivity contribution >= 4 is 13.4 Å². The van der Waals surface area contributed by atoms with Crippen molar-refractivity contribution in [2.24, 2.45) is 0 Å². The smallest absolute Gasteiger partial charge is 0.357 e. The number of hydrogen-bond acceptors (Lipinski definition) is 6. The molecule has 21 heavy (non-hydrogen) atoms. The quantitative estimate of drug-likeness (QED) is 0.415. The Balaban J connectivity index is 2.42. The van der Waals surface area contributed by atoms with Crippen molar-refractivity contribution < 1.29 is 24.2 Å². The maximum absolute atomic E-state index is 11.9. The molecule has 3 unspecified atom stereocenters. The number of hydrogen-bond donors (Lipinski definition) is 4. The first-order chi connectivity index (χ1) is 9.74. The second-order valence-corrected chi connectivity index (χ2v) is 6.40. The van der Waals surface area contributed by atoms with E-state index in [1.54, 1.807) is 6.92 Å². The summed E-state index contributed by atoms with van der Waals surface area (Å²) in [6.45, 7) is 1.15. The van der Waals surface area contributed by atoms with Crippen molar-refractivity contribution in [3.05, 3.63) is 34.4 Å². The van der Waals surface area contributed by atoms with E-state index in [0.29, 0.717) is 5.56 Å². The number of ether oxygens (including phenoxy) is 1. The van der Waals surface area contributed by atoms with Crippen LogP contribution >= 0.6 is 7.60 Å². The van der Waals surface area contributed by atoms with Crippen LogP contribution in [0.15, 0.2) is 23.1 Å². The van der Waals surface area contributed by atoms with E-state index in [1.165, 1.54) is 22.9 Å². The molecule has 0 fully saturated rings. The molecule has 1 aliphatic rings. The van der Waals surface area contributed by atoms with Crippen LogP contribution in [-0.2, 0) is 9.30 Å². The average molecular weight is 317 g/mol. The number of aliphatic hydroxyl groups excluding tert-OH is 1. The maximum atomic E-state index is 11.9. The molecule has 0 amide bonds. The van der Waals surface area contributed by atoms with Crippen LogP contribution in [0.5, 0.6) is 0 Å². The van der Waals surface area contributed by atoms with Crippen LogP contribution in [0.2, 0.25) is 0 Å². The third kappa shape index (κ3) is 3.22. The Kier molecular flexibility index (Phi) is 4.31. The predicted octanol–water partition coefficient (Wildman–Crippen LogP) is -0.874. The van der Waals surface area contributed by atoms with E-state index < -0.39 is 37.9 Å². The molecule has 1 aromatic heterocycles. The average Bonchev–Trinajstić information content (AvgIpc) is 2.41. The normalized spacial score (nSPS) is 26.0. The molecule has 0 spiro atoms. The van der Waals surface area contributed by atoms with Crippen LogP contribution in [0.25, 0.3) is 0 Å². The lowest BCUT2D eigenvalue weighted by Gasteiger charge is -2.32. The number of rotatable bonds is 3. The van der Waals surface area contributed by atoms with Gasteiger partial charge in [-0.2, -0.15) is 4.98 Å². The lowest BCUT2D eigenvalue weighted by Crippen LogP contribution is -2.40. The van der Waals surface area contributed by atoms with Gasteiger partial charge in [-0.1, -0.05) is 6.08 Å². The third-order valence-corrected chi connectivity index (χ3v) is 4.13. The van der Waals surface area contributed by atoms with Gasteiger partial charge in [0.2, 0.25) is 0 Å². The zero-order chi connectivity index (χ0) is 15.8. The summed E-state index contributed by atoms with van der Waals surface area (Å²) in [5.41, 5.74) is 5.47. The van der Waals surface area contributed by atoms with Crippen LogP contribution in [-0.4, -0.2) is 43.0 Å². The Morgan fingerprint density at radius 2 is 2.14 bits per heavy atom. The van der Waals surface area contributed by atoms with Gasteiger partial charge in [0, 0.05) is 11.8 Å². The summed E-state index contributed by atoms with van der Waals surface area (Å²) in [4.78, 5) is 33.7. The van der Waals surface area contributed by atoms with E-state index in [9.17, 15) is 14.5 Å². The van der Waals surface area contributed by atoms with Crippen molar-refractivity contribution in [2.75, 3.05) is 12.3 Å². The molecule has 0 radical (unpaired) electrons. The first kappa shape index (κ1) is 15.9. The van der Waals surface area contributed by atoms with Crippen molar-refractivity contribution in [1.82, 2.24) is 9.55 Å². The summed E-state index contributed by atoms with van der Waals surface area (Å²) < 4.78 is 17.6. The fourth-order valence-electron chi connectivity index (χ4n) is 2.04. The van der Waals surface area contributed by atoms with Crippen LogP contribution in [0, 0.1) is 6.92 Å². The number of nitrogens with zero attached hydrogens (tertiary/aromatic N) is 2. The molecule has 1 aromatic rings. The monoisotopic (exact) mass is 317 g/mol. The van der Waals surface area contributed by atoms with Crippen LogP contribution in [0.3, 0.4) is 0 Å². The highest BCUT2D eigenvalue weighted by atomic mass is 31.2. The molecule has 1 aliphatic heterocycles. The van der Waals surface area contributed by atoms with E-state index >= 15 is 0 Å². The molecule has 2 rings (SSSR count). The first-order valence-corrected chi connectivity index (χ1v) is 7.77. The standard InChI is InChI=1S/C11H16N3O6P/c1-6-4-14(11(16)13-10(6)12)7-2-3-9(21(17,18)19)20-8(7)5-15/h2-4,7-9,15H,5H2,1H3,(H2,12,13,16)(H2,17,18,19). The largest absolute Gasteiger partial charge is 0.394 e. The Hall–Kier alpha value is -1.51. The number of anilines is 1. The minimum atomic E-state index is -4.48. The van der Waals surface area contributed by atoms with Gasteiger partial charge in [-0.3, -0.25) is 9.13 Å². The second kappa shape index (κ2) is 5.70. The first-order valence-electron chi connectivity index (χ1n) is 6.09. The molecule has 10 heteroatoms. The van der Waals surface area contributed by atoms with Crippen LogP contribution < -0.4 is 11.4 Å². The number of nitrogen functional groups attached to an aromatic ring is 1.